The maximum atomic E-state index is 14.9. The third-order valence-electron chi connectivity index (χ3n) is 8.67. The van der Waals surface area contributed by atoms with E-state index in [2.05, 4.69) is 26.0 Å². The second kappa shape index (κ2) is 12.3. The van der Waals surface area contributed by atoms with Crippen molar-refractivity contribution in [3.8, 4) is 0 Å². The van der Waals surface area contributed by atoms with Crippen molar-refractivity contribution in [2.24, 2.45) is 11.8 Å². The lowest BCUT2D eigenvalue weighted by molar-refractivity contribution is 0.312. The van der Waals surface area contributed by atoms with Gasteiger partial charge in [0.25, 0.3) is 0 Å². The van der Waals surface area contributed by atoms with Crippen molar-refractivity contribution in [3.05, 3.63) is 76.1 Å². The Hall–Kier alpha value is -2.03. The summed E-state index contributed by atoms with van der Waals surface area (Å²) in [4.78, 5) is 0. The molecule has 4 rings (SSSR count). The summed E-state index contributed by atoms with van der Waals surface area (Å²) in [5.41, 5.74) is 2.83. The van der Waals surface area contributed by atoms with E-state index in [0.29, 0.717) is 23.0 Å². The van der Waals surface area contributed by atoms with Crippen LogP contribution in [0.2, 0.25) is 0 Å². The van der Waals surface area contributed by atoms with Gasteiger partial charge in [0.2, 0.25) is 0 Å². The molecule has 3 heteroatoms. The van der Waals surface area contributed by atoms with Gasteiger partial charge in [0, 0.05) is 5.56 Å². The number of allylic oxidation sites excluding steroid dienone is 1. The summed E-state index contributed by atoms with van der Waals surface area (Å²) in [5.74, 6) is 0.185. The third-order valence-corrected chi connectivity index (χ3v) is 8.67. The van der Waals surface area contributed by atoms with Gasteiger partial charge in [-0.25, -0.2) is 13.2 Å². The molecule has 0 spiro atoms. The van der Waals surface area contributed by atoms with Crippen molar-refractivity contribution in [1.29, 1.82) is 0 Å². The number of unbranched alkanes of at least 4 members (excludes halogenated alkanes) is 1. The van der Waals surface area contributed by atoms with Crippen LogP contribution in [0, 0.1) is 29.3 Å². The van der Waals surface area contributed by atoms with Crippen molar-refractivity contribution in [3.63, 3.8) is 0 Å². The molecule has 0 bridgehead atoms. The minimum absolute atomic E-state index is 0.0719. The van der Waals surface area contributed by atoms with Crippen LogP contribution in [0.25, 0.3) is 6.08 Å². The number of rotatable bonds is 8. The van der Waals surface area contributed by atoms with Crippen LogP contribution in [0.3, 0.4) is 0 Å². The fourth-order valence-corrected chi connectivity index (χ4v) is 6.18. The van der Waals surface area contributed by atoms with Gasteiger partial charge in [-0.3, -0.25) is 0 Å². The molecule has 0 aromatic heterocycles. The Bertz CT molecular complexity index is 992. The van der Waals surface area contributed by atoms with Gasteiger partial charge in [-0.2, -0.15) is 0 Å². The lowest BCUT2D eigenvalue weighted by atomic mass is 9.77. The summed E-state index contributed by atoms with van der Waals surface area (Å²) in [5, 5.41) is 0. The van der Waals surface area contributed by atoms with Gasteiger partial charge in [-0.15, -0.1) is 0 Å². The largest absolute Gasteiger partial charge is 0.207 e. The molecule has 2 aliphatic rings. The van der Waals surface area contributed by atoms with E-state index < -0.39 is 11.6 Å². The zero-order valence-electron chi connectivity index (χ0n) is 21.5. The molecule has 190 valence electrons. The molecule has 0 saturated heterocycles. The molecular formula is C32H41F3. The summed E-state index contributed by atoms with van der Waals surface area (Å²) in [6.45, 7) is 4.34. The summed E-state index contributed by atoms with van der Waals surface area (Å²) in [6.07, 6.45) is 16.0. The van der Waals surface area contributed by atoms with Crippen molar-refractivity contribution < 1.29 is 13.2 Å². The van der Waals surface area contributed by atoms with Crippen molar-refractivity contribution in [1.82, 2.24) is 0 Å². The zero-order valence-corrected chi connectivity index (χ0v) is 21.5. The monoisotopic (exact) mass is 482 g/mol. The topological polar surface area (TPSA) is 0 Å². The first-order chi connectivity index (χ1) is 17.0. The number of halogens is 3. The van der Waals surface area contributed by atoms with Crippen LogP contribution in [0.15, 0.2) is 36.4 Å². The van der Waals surface area contributed by atoms with E-state index in [1.807, 2.05) is 12.1 Å². The molecule has 2 aromatic carbocycles. The van der Waals surface area contributed by atoms with Crippen LogP contribution >= 0.6 is 0 Å². The first-order valence-electron chi connectivity index (χ1n) is 13.9. The zero-order chi connectivity index (χ0) is 24.8. The van der Waals surface area contributed by atoms with Gasteiger partial charge in [0.1, 0.15) is 5.82 Å². The van der Waals surface area contributed by atoms with Crippen molar-refractivity contribution in [2.75, 3.05) is 0 Å². The first kappa shape index (κ1) is 26.0. The number of hydrogen-bond donors (Lipinski definition) is 0. The average molecular weight is 483 g/mol. The Kier molecular flexibility index (Phi) is 9.14. The molecule has 35 heavy (non-hydrogen) atoms. The van der Waals surface area contributed by atoms with Crippen LogP contribution in [-0.4, -0.2) is 0 Å². The molecule has 2 fully saturated rings. The Balaban J connectivity index is 1.33. The Morgan fingerprint density at radius 1 is 0.800 bits per heavy atom. The average Bonchev–Trinajstić information content (AvgIpc) is 2.89. The van der Waals surface area contributed by atoms with Crippen LogP contribution in [-0.2, 0) is 6.42 Å². The molecule has 0 N–H and O–H groups in total. The second-order valence-electron chi connectivity index (χ2n) is 10.9. The molecule has 0 radical (unpaired) electrons. The molecular weight excluding hydrogens is 441 g/mol. The minimum Gasteiger partial charge on any atom is -0.207 e. The van der Waals surface area contributed by atoms with Gasteiger partial charge in [0.15, 0.2) is 11.6 Å². The fourth-order valence-electron chi connectivity index (χ4n) is 6.18. The van der Waals surface area contributed by atoms with E-state index in [1.165, 1.54) is 6.42 Å². The van der Waals surface area contributed by atoms with Crippen LogP contribution < -0.4 is 0 Å². The highest BCUT2D eigenvalue weighted by Gasteiger charge is 2.26. The molecule has 0 aliphatic heterocycles. The lowest BCUT2D eigenvalue weighted by Crippen LogP contribution is -2.14. The molecule has 0 unspecified atom stereocenters. The van der Waals surface area contributed by atoms with Gasteiger partial charge < -0.3 is 0 Å². The minimum atomic E-state index is -0.705. The van der Waals surface area contributed by atoms with Crippen LogP contribution in [0.1, 0.15) is 119 Å². The highest BCUT2D eigenvalue weighted by Crippen LogP contribution is 2.40. The van der Waals surface area contributed by atoms with Gasteiger partial charge in [-0.05, 0) is 111 Å². The van der Waals surface area contributed by atoms with Gasteiger partial charge >= 0.3 is 0 Å². The number of aryl methyl sites for hydroxylation is 1. The second-order valence-corrected chi connectivity index (χ2v) is 10.9. The van der Waals surface area contributed by atoms with Crippen molar-refractivity contribution >= 4 is 6.08 Å². The fraction of sp³-hybridized carbons (Fsp3) is 0.562. The molecule has 2 aromatic rings. The summed E-state index contributed by atoms with van der Waals surface area (Å²) in [7, 11) is 0. The third kappa shape index (κ3) is 6.40. The van der Waals surface area contributed by atoms with Crippen LogP contribution in [0.5, 0.6) is 0 Å². The molecule has 2 saturated carbocycles. The predicted molar refractivity (Wildman–Crippen MR) is 140 cm³/mol. The molecule has 0 nitrogen and oxygen atoms in total. The molecule has 2 aliphatic carbocycles. The predicted octanol–water partition coefficient (Wildman–Crippen LogP) is 10.1. The standard InChI is InChI=1S/C32H41F3/c1-3-5-6-26-17-18-28(21-30(26)33)24-12-9-23(10-13-24)11-16-27-19-20-29(32(35)31(27)34)25-14-7-22(4-2)8-15-25/h11,16-25H,3-10,12-15H2,1-2H3/b16-11+. The number of hydrogen-bond acceptors (Lipinski definition) is 0. The number of benzene rings is 2. The Labute approximate surface area is 210 Å². The van der Waals surface area contributed by atoms with E-state index in [-0.39, 0.29) is 11.7 Å². The smallest absolute Gasteiger partial charge is 0.166 e. The Morgan fingerprint density at radius 2 is 1.51 bits per heavy atom. The van der Waals surface area contributed by atoms with E-state index >= 15 is 0 Å². The lowest BCUT2D eigenvalue weighted by Gasteiger charge is -2.28. The molecule has 0 amide bonds. The summed E-state index contributed by atoms with van der Waals surface area (Å²) < 4.78 is 44.3. The maximum absolute atomic E-state index is 14.9. The van der Waals surface area contributed by atoms with E-state index in [1.54, 1.807) is 18.2 Å². The van der Waals surface area contributed by atoms with Gasteiger partial charge in [-0.1, -0.05) is 63.1 Å². The van der Waals surface area contributed by atoms with Gasteiger partial charge in [0.05, 0.1) is 0 Å². The maximum Gasteiger partial charge on any atom is 0.166 e. The van der Waals surface area contributed by atoms with E-state index in [4.69, 9.17) is 0 Å². The first-order valence-corrected chi connectivity index (χ1v) is 13.9. The molecule has 0 atom stereocenters. The van der Waals surface area contributed by atoms with E-state index in [0.717, 1.165) is 87.7 Å². The van der Waals surface area contributed by atoms with E-state index in [9.17, 15) is 13.2 Å². The normalized spacial score (nSPS) is 25.3. The summed E-state index contributed by atoms with van der Waals surface area (Å²) >= 11 is 0. The van der Waals surface area contributed by atoms with Crippen molar-refractivity contribution in [2.45, 2.75) is 103 Å². The molecule has 0 heterocycles. The SMILES string of the molecule is CCCCc1ccc(C2CCC(/C=C/c3ccc(C4CCC(CC)CC4)c(F)c3F)CC2)cc1F. The Morgan fingerprint density at radius 3 is 2.17 bits per heavy atom. The highest BCUT2D eigenvalue weighted by molar-refractivity contribution is 5.52. The van der Waals surface area contributed by atoms with Crippen LogP contribution in [0.4, 0.5) is 13.2 Å². The quantitative estimate of drug-likeness (QED) is 0.351. The summed E-state index contributed by atoms with van der Waals surface area (Å²) in [6, 6.07) is 9.36. The highest BCUT2D eigenvalue weighted by atomic mass is 19.2.